The summed E-state index contributed by atoms with van der Waals surface area (Å²) in [7, 11) is 0. The quantitative estimate of drug-likeness (QED) is 0.681. The van der Waals surface area contributed by atoms with Gasteiger partial charge in [0, 0.05) is 43.5 Å². The fraction of sp³-hybridized carbons (Fsp3) is 0.542. The van der Waals surface area contributed by atoms with Crippen molar-refractivity contribution in [2.75, 3.05) is 49.6 Å². The first-order valence-corrected chi connectivity index (χ1v) is 11.9. The number of ether oxygens (including phenoxy) is 2. The van der Waals surface area contributed by atoms with E-state index in [9.17, 15) is 9.59 Å². The van der Waals surface area contributed by atoms with E-state index in [2.05, 4.69) is 20.5 Å². The van der Waals surface area contributed by atoms with Crippen molar-refractivity contribution in [3.63, 3.8) is 0 Å². The Kier molecular flexibility index (Phi) is 7.34. The summed E-state index contributed by atoms with van der Waals surface area (Å²) in [4.78, 5) is 42.5. The van der Waals surface area contributed by atoms with Gasteiger partial charge in [-0.25, -0.2) is 24.5 Å². The highest BCUT2D eigenvalue weighted by atomic mass is 16.6. The van der Waals surface area contributed by atoms with Crippen LogP contribution in [0, 0.1) is 0 Å². The van der Waals surface area contributed by atoms with Gasteiger partial charge < -0.3 is 24.6 Å². The van der Waals surface area contributed by atoms with Gasteiger partial charge in [-0.2, -0.15) is 0 Å². The summed E-state index contributed by atoms with van der Waals surface area (Å²) in [5.41, 5.74) is 2.01. The number of carbonyl (C=O) groups excluding carboxylic acids is 2. The van der Waals surface area contributed by atoms with E-state index in [1.165, 1.54) is 0 Å². The molecular weight excluding hydrogens is 450 g/mol. The summed E-state index contributed by atoms with van der Waals surface area (Å²) < 4.78 is 11.1. The number of morpholine rings is 1. The number of hydrogen-bond acceptors (Lipinski definition) is 8. The van der Waals surface area contributed by atoms with Crippen LogP contribution < -0.4 is 15.5 Å². The lowest BCUT2D eigenvalue weighted by Gasteiger charge is -2.34. The van der Waals surface area contributed by atoms with E-state index in [1.807, 2.05) is 33.8 Å². The number of nitrogens with zero attached hydrogens (tertiary/aromatic N) is 5. The number of aromatic nitrogens is 3. The molecule has 188 valence electrons. The highest BCUT2D eigenvalue weighted by molar-refractivity contribution is 5.88. The Bertz CT molecular complexity index is 1060. The maximum Gasteiger partial charge on any atom is 0.410 e. The Hall–Kier alpha value is -3.47. The van der Waals surface area contributed by atoms with E-state index in [1.54, 1.807) is 17.2 Å². The molecule has 11 nitrogen and oxygen atoms in total. The zero-order valence-corrected chi connectivity index (χ0v) is 20.8. The number of rotatable bonds is 4. The second kappa shape index (κ2) is 10.4. The minimum atomic E-state index is -0.567. The van der Waals surface area contributed by atoms with Gasteiger partial charge in [0.2, 0.25) is 0 Å². The average molecular weight is 484 g/mol. The molecule has 0 radical (unpaired) electrons. The van der Waals surface area contributed by atoms with E-state index in [4.69, 9.17) is 19.4 Å². The summed E-state index contributed by atoms with van der Waals surface area (Å²) in [5.74, 6) is 1.83. The summed E-state index contributed by atoms with van der Waals surface area (Å²) in [6, 6.07) is 3.23. The van der Waals surface area contributed by atoms with Gasteiger partial charge in [0.1, 0.15) is 17.2 Å². The van der Waals surface area contributed by atoms with Gasteiger partial charge in [-0.05, 0) is 46.2 Å². The average Bonchev–Trinajstić information content (AvgIpc) is 2.83. The fourth-order valence-corrected chi connectivity index (χ4v) is 3.98. The van der Waals surface area contributed by atoms with Crippen molar-refractivity contribution in [1.29, 1.82) is 0 Å². The van der Waals surface area contributed by atoms with Crippen LogP contribution in [0.25, 0.3) is 11.4 Å². The molecule has 2 aliphatic heterocycles. The lowest BCUT2D eigenvalue weighted by Crippen LogP contribution is -2.42. The third kappa shape index (κ3) is 6.16. The van der Waals surface area contributed by atoms with Crippen LogP contribution in [0.5, 0.6) is 0 Å². The van der Waals surface area contributed by atoms with Gasteiger partial charge >= 0.3 is 12.1 Å². The Labute approximate surface area is 205 Å². The molecule has 35 heavy (non-hydrogen) atoms. The largest absolute Gasteiger partial charge is 0.444 e. The number of pyridine rings is 1. The van der Waals surface area contributed by atoms with Crippen molar-refractivity contribution in [2.45, 2.75) is 46.3 Å². The molecule has 2 N–H and O–H groups in total. The van der Waals surface area contributed by atoms with Gasteiger partial charge in [-0.1, -0.05) is 0 Å². The smallest absolute Gasteiger partial charge is 0.410 e. The highest BCUT2D eigenvalue weighted by Crippen LogP contribution is 2.30. The van der Waals surface area contributed by atoms with Gasteiger partial charge in [-0.15, -0.1) is 0 Å². The first-order valence-electron chi connectivity index (χ1n) is 11.9. The number of hydrogen-bond donors (Lipinski definition) is 2. The lowest BCUT2D eigenvalue weighted by atomic mass is 10.0. The SMILES string of the molecule is CCNC(=O)Nc1ccc(-c2nc3c(c(N4CCOCC4)n2)CCN(C(=O)OC(C)(C)C)C3)cn1. The molecular formula is C24H33N7O4. The van der Waals surface area contributed by atoms with Crippen LogP contribution in [-0.4, -0.2) is 77.0 Å². The molecule has 1 saturated heterocycles. The molecule has 3 amide bonds. The molecule has 4 rings (SSSR count). The Morgan fingerprint density at radius 1 is 1.14 bits per heavy atom. The van der Waals surface area contributed by atoms with Crippen LogP contribution in [0.3, 0.4) is 0 Å². The minimum absolute atomic E-state index is 0.311. The standard InChI is InChI=1S/C24H33N7O4/c1-5-25-22(32)28-19-7-6-16(14-26-19)20-27-18-15-31(23(33)35-24(2,3)4)9-8-17(18)21(29-20)30-10-12-34-13-11-30/h6-7,14H,5,8-13,15H2,1-4H3,(H2,25,26,28,32). The van der Waals surface area contributed by atoms with Gasteiger partial charge in [-0.3, -0.25) is 5.32 Å². The van der Waals surface area contributed by atoms with E-state index in [-0.39, 0.29) is 12.1 Å². The number of amides is 3. The normalized spacial score (nSPS) is 15.9. The highest BCUT2D eigenvalue weighted by Gasteiger charge is 2.30. The van der Waals surface area contributed by atoms with Crippen LogP contribution in [0.2, 0.25) is 0 Å². The first kappa shape index (κ1) is 24.6. The zero-order chi connectivity index (χ0) is 25.0. The Balaban J connectivity index is 1.64. The van der Waals surface area contributed by atoms with Crippen molar-refractivity contribution in [3.8, 4) is 11.4 Å². The molecule has 0 bridgehead atoms. The third-order valence-electron chi connectivity index (χ3n) is 5.61. The van der Waals surface area contributed by atoms with Crippen LogP contribution in [0.1, 0.15) is 39.0 Å². The molecule has 0 unspecified atom stereocenters. The number of nitrogens with one attached hydrogen (secondary N) is 2. The molecule has 1 fully saturated rings. The summed E-state index contributed by atoms with van der Waals surface area (Å²) in [6.45, 7) is 11.6. The van der Waals surface area contributed by atoms with Gasteiger partial charge in [0.25, 0.3) is 0 Å². The molecule has 2 aromatic rings. The summed E-state index contributed by atoms with van der Waals surface area (Å²) in [5, 5.41) is 5.36. The maximum absolute atomic E-state index is 12.7. The molecule has 2 aliphatic rings. The summed E-state index contributed by atoms with van der Waals surface area (Å²) in [6.07, 6.45) is 1.94. The van der Waals surface area contributed by atoms with E-state index < -0.39 is 5.60 Å². The predicted octanol–water partition coefficient (Wildman–Crippen LogP) is 2.81. The van der Waals surface area contributed by atoms with Crippen LogP contribution in [0.4, 0.5) is 21.2 Å². The van der Waals surface area contributed by atoms with E-state index >= 15 is 0 Å². The second-order valence-corrected chi connectivity index (χ2v) is 9.46. The monoisotopic (exact) mass is 483 g/mol. The maximum atomic E-state index is 12.7. The van der Waals surface area contributed by atoms with Crippen molar-refractivity contribution in [3.05, 3.63) is 29.6 Å². The molecule has 4 heterocycles. The summed E-state index contributed by atoms with van der Waals surface area (Å²) >= 11 is 0. The van der Waals surface area contributed by atoms with Crippen LogP contribution >= 0.6 is 0 Å². The molecule has 0 aliphatic carbocycles. The third-order valence-corrected chi connectivity index (χ3v) is 5.61. The van der Waals surface area contributed by atoms with E-state index in [0.29, 0.717) is 50.9 Å². The Morgan fingerprint density at radius 2 is 1.91 bits per heavy atom. The predicted molar refractivity (Wildman–Crippen MR) is 131 cm³/mol. The number of urea groups is 1. The molecule has 2 aromatic heterocycles. The minimum Gasteiger partial charge on any atom is -0.444 e. The van der Waals surface area contributed by atoms with Crippen LogP contribution in [0.15, 0.2) is 18.3 Å². The molecule has 0 spiro atoms. The van der Waals surface area contributed by atoms with Gasteiger partial charge in [0.15, 0.2) is 5.82 Å². The molecule has 0 saturated carbocycles. The van der Waals surface area contributed by atoms with Crippen LogP contribution in [-0.2, 0) is 22.4 Å². The number of anilines is 2. The molecule has 0 atom stereocenters. The topological polar surface area (TPSA) is 122 Å². The van der Waals surface area contributed by atoms with Crippen molar-refractivity contribution in [1.82, 2.24) is 25.2 Å². The molecule has 11 heteroatoms. The van der Waals surface area contributed by atoms with Crippen molar-refractivity contribution < 1.29 is 19.1 Å². The fourth-order valence-electron chi connectivity index (χ4n) is 3.98. The first-order chi connectivity index (χ1) is 16.7. The zero-order valence-electron chi connectivity index (χ0n) is 20.8. The Morgan fingerprint density at radius 3 is 2.57 bits per heavy atom. The lowest BCUT2D eigenvalue weighted by molar-refractivity contribution is 0.0220. The van der Waals surface area contributed by atoms with Crippen molar-refractivity contribution in [2.24, 2.45) is 0 Å². The van der Waals surface area contributed by atoms with Crippen molar-refractivity contribution >= 4 is 23.8 Å². The number of carbonyl (C=O) groups is 2. The molecule has 0 aromatic carbocycles. The number of fused-ring (bicyclic) bond motifs is 1. The van der Waals surface area contributed by atoms with E-state index in [0.717, 1.165) is 35.7 Å². The second-order valence-electron chi connectivity index (χ2n) is 9.46. The van der Waals surface area contributed by atoms with Gasteiger partial charge in [0.05, 0.1) is 25.5 Å².